The summed E-state index contributed by atoms with van der Waals surface area (Å²) >= 11 is 8.32. The summed E-state index contributed by atoms with van der Waals surface area (Å²) in [5.41, 5.74) is 0. The van der Waals surface area contributed by atoms with Gasteiger partial charge in [0.2, 0.25) is 0 Å². The van der Waals surface area contributed by atoms with E-state index in [-0.39, 0.29) is 0 Å². The summed E-state index contributed by atoms with van der Waals surface area (Å²) in [7, 11) is 0. The van der Waals surface area contributed by atoms with Crippen molar-refractivity contribution in [1.82, 2.24) is 0 Å². The van der Waals surface area contributed by atoms with Crippen LogP contribution in [0.5, 0.6) is 0 Å². The van der Waals surface area contributed by atoms with Crippen LogP contribution in [0.3, 0.4) is 0 Å². The molecular formula is C14H28S4. The van der Waals surface area contributed by atoms with Crippen molar-refractivity contribution in [3.63, 3.8) is 0 Å². The second-order valence-corrected chi connectivity index (χ2v) is 9.29. The van der Waals surface area contributed by atoms with Crippen LogP contribution in [-0.2, 0) is 0 Å². The van der Waals surface area contributed by atoms with Crippen molar-refractivity contribution in [2.45, 2.75) is 25.7 Å². The zero-order chi connectivity index (χ0) is 13.1. The van der Waals surface area contributed by atoms with Gasteiger partial charge in [0.05, 0.1) is 0 Å². The van der Waals surface area contributed by atoms with Gasteiger partial charge in [-0.15, -0.1) is 0 Å². The van der Waals surface area contributed by atoms with E-state index < -0.39 is 0 Å². The summed E-state index contributed by atoms with van der Waals surface area (Å²) in [5.74, 6) is 10.3. The fourth-order valence-corrected chi connectivity index (χ4v) is 6.29. The summed E-state index contributed by atoms with van der Waals surface area (Å²) < 4.78 is 0. The Kier molecular flexibility index (Phi) is 11.8. The summed E-state index contributed by atoms with van der Waals surface area (Å²) in [6.07, 6.45) is 10.4. The van der Waals surface area contributed by atoms with Gasteiger partial charge in [-0.25, -0.2) is 0 Å². The van der Waals surface area contributed by atoms with E-state index in [1.54, 1.807) is 0 Å². The van der Waals surface area contributed by atoms with Crippen LogP contribution >= 0.6 is 47.0 Å². The molecule has 0 unspecified atom stereocenters. The third kappa shape index (κ3) is 8.55. The van der Waals surface area contributed by atoms with E-state index in [0.29, 0.717) is 0 Å². The number of rotatable bonds is 10. The first-order chi connectivity index (χ1) is 8.86. The molecule has 0 aromatic rings. The van der Waals surface area contributed by atoms with Gasteiger partial charge in [0.15, 0.2) is 0 Å². The van der Waals surface area contributed by atoms with Crippen molar-refractivity contribution in [1.29, 1.82) is 0 Å². The van der Waals surface area contributed by atoms with Crippen molar-refractivity contribution >= 4 is 47.0 Å². The third-order valence-corrected chi connectivity index (χ3v) is 7.68. The summed E-state index contributed by atoms with van der Waals surface area (Å²) in [6, 6.07) is 0. The van der Waals surface area contributed by atoms with Gasteiger partial charge in [-0.05, 0) is 61.5 Å². The predicted octanol–water partition coefficient (Wildman–Crippen LogP) is 4.99. The lowest BCUT2D eigenvalue weighted by Crippen LogP contribution is -2.18. The molecule has 0 nitrogen and oxygen atoms in total. The molecule has 0 amide bonds. The van der Waals surface area contributed by atoms with Gasteiger partial charge < -0.3 is 0 Å². The molecule has 0 aromatic carbocycles. The molecule has 0 spiro atoms. The minimum atomic E-state index is 1.03. The molecule has 0 radical (unpaired) electrons. The van der Waals surface area contributed by atoms with E-state index in [2.05, 4.69) is 36.0 Å². The number of thioether (sulfide) groups is 4. The Labute approximate surface area is 131 Å². The molecule has 0 aromatic heterocycles. The molecule has 0 aliphatic heterocycles. The first-order valence-electron chi connectivity index (χ1n) is 7.00. The quantitative estimate of drug-likeness (QED) is 0.519. The molecule has 108 valence electrons. The molecule has 0 N–H and O–H groups in total. The van der Waals surface area contributed by atoms with E-state index in [1.165, 1.54) is 60.2 Å². The number of hydrogen-bond donors (Lipinski definition) is 0. The largest absolute Gasteiger partial charge is 0.165 e. The third-order valence-electron chi connectivity index (χ3n) is 3.54. The van der Waals surface area contributed by atoms with E-state index >= 15 is 0 Å². The molecule has 0 bridgehead atoms. The van der Waals surface area contributed by atoms with Crippen molar-refractivity contribution < 1.29 is 0 Å². The normalized spacial score (nSPS) is 24.3. The van der Waals surface area contributed by atoms with Gasteiger partial charge in [-0.1, -0.05) is 0 Å². The maximum absolute atomic E-state index is 2.21. The van der Waals surface area contributed by atoms with E-state index in [1.807, 2.05) is 23.5 Å². The Balaban J connectivity index is 1.95. The number of hydrogen-bond acceptors (Lipinski definition) is 4. The Morgan fingerprint density at radius 3 is 1.39 bits per heavy atom. The maximum Gasteiger partial charge on any atom is 0.00235 e. The van der Waals surface area contributed by atoms with Gasteiger partial charge in [0.25, 0.3) is 0 Å². The molecule has 0 heterocycles. The average molecular weight is 325 g/mol. The smallest absolute Gasteiger partial charge is 0.00235 e. The molecule has 0 saturated heterocycles. The summed E-state index contributed by atoms with van der Waals surface area (Å²) in [5, 5.41) is 0. The molecule has 1 fully saturated rings. The SMILES string of the molecule is CSCCSCC1CCC(CSCCSC)CC1. The highest BCUT2D eigenvalue weighted by atomic mass is 32.2. The molecule has 0 atom stereocenters. The molecule has 1 aliphatic rings. The van der Waals surface area contributed by atoms with Crippen LogP contribution in [0.4, 0.5) is 0 Å². The highest BCUT2D eigenvalue weighted by Gasteiger charge is 2.20. The van der Waals surface area contributed by atoms with Crippen molar-refractivity contribution in [3.05, 3.63) is 0 Å². The topological polar surface area (TPSA) is 0 Å². The minimum Gasteiger partial charge on any atom is -0.165 e. The highest BCUT2D eigenvalue weighted by Crippen LogP contribution is 2.32. The van der Waals surface area contributed by atoms with E-state index in [9.17, 15) is 0 Å². The Morgan fingerprint density at radius 1 is 0.667 bits per heavy atom. The Morgan fingerprint density at radius 2 is 1.06 bits per heavy atom. The van der Waals surface area contributed by atoms with E-state index in [0.717, 1.165) is 11.8 Å². The van der Waals surface area contributed by atoms with Gasteiger partial charge in [-0.3, -0.25) is 0 Å². The Bertz CT molecular complexity index is 159. The molecular weight excluding hydrogens is 296 g/mol. The molecule has 4 heteroatoms. The highest BCUT2D eigenvalue weighted by molar-refractivity contribution is 8.03. The van der Waals surface area contributed by atoms with Crippen LogP contribution in [0.15, 0.2) is 0 Å². The van der Waals surface area contributed by atoms with Crippen LogP contribution in [0, 0.1) is 11.8 Å². The lowest BCUT2D eigenvalue weighted by molar-refractivity contribution is 0.315. The van der Waals surface area contributed by atoms with Crippen LogP contribution < -0.4 is 0 Å². The zero-order valence-electron chi connectivity index (χ0n) is 11.9. The monoisotopic (exact) mass is 324 g/mol. The van der Waals surface area contributed by atoms with Crippen LogP contribution in [-0.4, -0.2) is 47.0 Å². The minimum absolute atomic E-state index is 1.03. The first-order valence-corrected chi connectivity index (χ1v) is 12.1. The van der Waals surface area contributed by atoms with Gasteiger partial charge >= 0.3 is 0 Å². The predicted molar refractivity (Wildman–Crippen MR) is 96.9 cm³/mol. The fraction of sp³-hybridized carbons (Fsp3) is 1.00. The Hall–Kier alpha value is 1.40. The van der Waals surface area contributed by atoms with Gasteiger partial charge in [0.1, 0.15) is 0 Å². The lowest BCUT2D eigenvalue weighted by atomic mass is 9.84. The summed E-state index contributed by atoms with van der Waals surface area (Å²) in [4.78, 5) is 0. The zero-order valence-corrected chi connectivity index (χ0v) is 15.1. The van der Waals surface area contributed by atoms with Crippen molar-refractivity contribution in [2.75, 3.05) is 47.0 Å². The average Bonchev–Trinajstić information content (AvgIpc) is 2.41. The second-order valence-electron chi connectivity index (χ2n) is 5.02. The standard InChI is InChI=1S/C14H28S4/c1-15-7-9-17-11-13-3-5-14(6-4-13)12-18-10-8-16-2/h13-14H,3-12H2,1-2H3. The van der Waals surface area contributed by atoms with Gasteiger partial charge in [0, 0.05) is 23.0 Å². The van der Waals surface area contributed by atoms with Crippen LogP contribution in [0.1, 0.15) is 25.7 Å². The molecule has 1 rings (SSSR count). The summed E-state index contributed by atoms with van der Waals surface area (Å²) in [6.45, 7) is 0. The molecule has 1 saturated carbocycles. The maximum atomic E-state index is 2.21. The van der Waals surface area contributed by atoms with Crippen molar-refractivity contribution in [3.8, 4) is 0 Å². The molecule has 18 heavy (non-hydrogen) atoms. The van der Waals surface area contributed by atoms with E-state index in [4.69, 9.17) is 0 Å². The van der Waals surface area contributed by atoms with Gasteiger partial charge in [-0.2, -0.15) is 47.0 Å². The van der Waals surface area contributed by atoms with Crippen LogP contribution in [0.2, 0.25) is 0 Å². The first kappa shape index (κ1) is 17.5. The lowest BCUT2D eigenvalue weighted by Gasteiger charge is -2.28. The second kappa shape index (κ2) is 12.2. The fourth-order valence-electron chi connectivity index (χ4n) is 2.35. The van der Waals surface area contributed by atoms with Crippen LogP contribution in [0.25, 0.3) is 0 Å². The van der Waals surface area contributed by atoms with Crippen molar-refractivity contribution in [2.24, 2.45) is 11.8 Å². The molecule has 1 aliphatic carbocycles.